The molecule has 2 aromatic carbocycles. The smallest absolute Gasteiger partial charge is 0.261 e. The molecule has 0 aliphatic rings. The molecule has 0 fully saturated rings. The number of rotatable bonds is 10. The molecule has 32 heavy (non-hydrogen) atoms. The molecule has 0 bridgehead atoms. The molecule has 0 aliphatic carbocycles. The third-order valence-corrected chi connectivity index (χ3v) is 5.22. The Morgan fingerprint density at radius 1 is 1.16 bits per heavy atom. The minimum Gasteiger partial charge on any atom is -0.508 e. The number of carbonyl (C=O) groups excluding carboxylic acids is 1. The van der Waals surface area contributed by atoms with Crippen molar-refractivity contribution in [2.75, 3.05) is 17.6 Å². The van der Waals surface area contributed by atoms with Gasteiger partial charge in [0.1, 0.15) is 5.75 Å². The molecule has 8 heteroatoms. The third-order valence-electron chi connectivity index (χ3n) is 4.75. The van der Waals surface area contributed by atoms with Gasteiger partial charge in [-0.2, -0.15) is 12.6 Å². The zero-order valence-electron chi connectivity index (χ0n) is 17.9. The van der Waals surface area contributed by atoms with E-state index < -0.39 is 6.10 Å². The van der Waals surface area contributed by atoms with Crippen LogP contribution in [0.3, 0.4) is 0 Å². The molecule has 1 amide bonds. The second kappa shape index (κ2) is 11.4. The first-order valence-corrected chi connectivity index (χ1v) is 11.0. The average molecular weight is 453 g/mol. The fourth-order valence-corrected chi connectivity index (χ4v) is 3.09. The van der Waals surface area contributed by atoms with Gasteiger partial charge in [0.25, 0.3) is 5.91 Å². The van der Waals surface area contributed by atoms with Gasteiger partial charge in [0.15, 0.2) is 6.10 Å². The predicted octanol–water partition coefficient (Wildman–Crippen LogP) is 3.21. The molecule has 3 rings (SSSR count). The first kappa shape index (κ1) is 23.4. The lowest BCUT2D eigenvalue weighted by atomic mass is 10.1. The van der Waals surface area contributed by atoms with Crippen LogP contribution in [-0.4, -0.2) is 40.4 Å². The fourth-order valence-electron chi connectivity index (χ4n) is 2.96. The van der Waals surface area contributed by atoms with Crippen LogP contribution in [0.1, 0.15) is 12.5 Å². The van der Waals surface area contributed by atoms with Crippen molar-refractivity contribution in [3.05, 3.63) is 72.3 Å². The van der Waals surface area contributed by atoms with Crippen molar-refractivity contribution in [1.29, 1.82) is 0 Å². The molecule has 5 N–H and O–H groups in total. The van der Waals surface area contributed by atoms with E-state index in [0.717, 1.165) is 16.8 Å². The maximum Gasteiger partial charge on any atom is 0.261 e. The Morgan fingerprint density at radius 2 is 1.94 bits per heavy atom. The standard InChI is InChI=1S/C24H28N4O3S/c1-16(23(30)27-13-17-6-5-9-20(29)12-17)31-24-22(26-14-19(25)15-32)11-10-21(28-24)18-7-3-2-4-8-18/h2-12,16,19,26,29,32H,13-15,25H2,1H3,(H,27,30). The summed E-state index contributed by atoms with van der Waals surface area (Å²) in [4.78, 5) is 17.2. The van der Waals surface area contributed by atoms with E-state index in [9.17, 15) is 9.90 Å². The number of aromatic nitrogens is 1. The number of phenols is 1. The van der Waals surface area contributed by atoms with Crippen LogP contribution in [0.15, 0.2) is 66.7 Å². The van der Waals surface area contributed by atoms with E-state index >= 15 is 0 Å². The summed E-state index contributed by atoms with van der Waals surface area (Å²) in [6, 6.07) is 20.1. The number of carbonyl (C=O) groups is 1. The minimum absolute atomic E-state index is 0.136. The average Bonchev–Trinajstić information content (AvgIpc) is 2.82. The molecule has 1 aromatic heterocycles. The summed E-state index contributed by atoms with van der Waals surface area (Å²) in [6.45, 7) is 2.43. The summed E-state index contributed by atoms with van der Waals surface area (Å²) in [5.41, 5.74) is 9.08. The zero-order valence-corrected chi connectivity index (χ0v) is 18.8. The van der Waals surface area contributed by atoms with Crippen molar-refractivity contribution in [3.8, 4) is 22.9 Å². The molecule has 0 radical (unpaired) electrons. The summed E-state index contributed by atoms with van der Waals surface area (Å²) in [7, 11) is 0. The highest BCUT2D eigenvalue weighted by Gasteiger charge is 2.18. The Labute approximate surface area is 193 Å². The topological polar surface area (TPSA) is 110 Å². The van der Waals surface area contributed by atoms with Crippen LogP contribution in [0, 0.1) is 0 Å². The molecule has 2 atom stereocenters. The summed E-state index contributed by atoms with van der Waals surface area (Å²) in [5.74, 6) is 0.709. The van der Waals surface area contributed by atoms with E-state index in [1.165, 1.54) is 0 Å². The first-order chi connectivity index (χ1) is 15.5. The highest BCUT2D eigenvalue weighted by atomic mass is 32.1. The van der Waals surface area contributed by atoms with Gasteiger partial charge in [-0.05, 0) is 36.8 Å². The summed E-state index contributed by atoms with van der Waals surface area (Å²) in [6.07, 6.45) is -0.787. The number of amides is 1. The van der Waals surface area contributed by atoms with Crippen molar-refractivity contribution < 1.29 is 14.6 Å². The second-order valence-corrected chi connectivity index (χ2v) is 7.75. The van der Waals surface area contributed by atoms with Gasteiger partial charge in [0.05, 0.1) is 11.4 Å². The van der Waals surface area contributed by atoms with Crippen LogP contribution >= 0.6 is 12.6 Å². The van der Waals surface area contributed by atoms with Crippen LogP contribution in [0.5, 0.6) is 11.6 Å². The first-order valence-electron chi connectivity index (χ1n) is 10.4. The number of nitrogens with zero attached hydrogens (tertiary/aromatic N) is 1. The predicted molar refractivity (Wildman–Crippen MR) is 130 cm³/mol. The molecule has 0 spiro atoms. The zero-order chi connectivity index (χ0) is 22.9. The van der Waals surface area contributed by atoms with Gasteiger partial charge in [-0.1, -0.05) is 42.5 Å². The SMILES string of the molecule is CC(Oc1nc(-c2ccccc2)ccc1NCC(N)CS)C(=O)NCc1cccc(O)c1. The number of ether oxygens (including phenoxy) is 1. The third kappa shape index (κ3) is 6.63. The molecule has 168 valence electrons. The number of phenolic OH excluding ortho intramolecular Hbond substituents is 1. The van der Waals surface area contributed by atoms with Crippen molar-refractivity contribution in [2.24, 2.45) is 5.73 Å². The number of hydrogen-bond donors (Lipinski definition) is 5. The highest BCUT2D eigenvalue weighted by molar-refractivity contribution is 7.80. The molecule has 0 saturated carbocycles. The van der Waals surface area contributed by atoms with E-state index in [2.05, 4.69) is 28.2 Å². The highest BCUT2D eigenvalue weighted by Crippen LogP contribution is 2.28. The monoisotopic (exact) mass is 452 g/mol. The van der Waals surface area contributed by atoms with Crippen LogP contribution < -0.4 is 21.1 Å². The molecule has 7 nitrogen and oxygen atoms in total. The van der Waals surface area contributed by atoms with E-state index in [-0.39, 0.29) is 24.2 Å². The van der Waals surface area contributed by atoms with Crippen molar-refractivity contribution >= 4 is 24.2 Å². The summed E-state index contributed by atoms with van der Waals surface area (Å²) in [5, 5.41) is 15.6. The van der Waals surface area contributed by atoms with Crippen LogP contribution in [-0.2, 0) is 11.3 Å². The number of aromatic hydroxyl groups is 1. The summed E-state index contributed by atoms with van der Waals surface area (Å²) < 4.78 is 5.95. The van der Waals surface area contributed by atoms with Gasteiger partial charge in [0.2, 0.25) is 5.88 Å². The molecular formula is C24H28N4O3S. The van der Waals surface area contributed by atoms with Crippen molar-refractivity contribution in [1.82, 2.24) is 10.3 Å². The van der Waals surface area contributed by atoms with Gasteiger partial charge in [0, 0.05) is 30.4 Å². The molecule has 3 aromatic rings. The second-order valence-electron chi connectivity index (χ2n) is 7.39. The van der Waals surface area contributed by atoms with Gasteiger partial charge < -0.3 is 26.2 Å². The minimum atomic E-state index is -0.787. The molecule has 1 heterocycles. The lowest BCUT2D eigenvalue weighted by Gasteiger charge is -2.19. The van der Waals surface area contributed by atoms with Crippen LogP contribution in [0.2, 0.25) is 0 Å². The molecule has 0 aliphatic heterocycles. The van der Waals surface area contributed by atoms with E-state index in [0.29, 0.717) is 23.9 Å². The number of nitrogens with one attached hydrogen (secondary N) is 2. The van der Waals surface area contributed by atoms with Gasteiger partial charge in [-0.15, -0.1) is 0 Å². The Bertz CT molecular complexity index is 1030. The number of nitrogens with two attached hydrogens (primary N) is 1. The number of anilines is 1. The normalized spacial score (nSPS) is 12.6. The van der Waals surface area contributed by atoms with E-state index in [1.54, 1.807) is 25.1 Å². The van der Waals surface area contributed by atoms with E-state index in [1.807, 2.05) is 48.5 Å². The Kier molecular flexibility index (Phi) is 8.35. The maximum atomic E-state index is 12.6. The van der Waals surface area contributed by atoms with Crippen molar-refractivity contribution in [2.45, 2.75) is 25.6 Å². The fraction of sp³-hybridized carbons (Fsp3) is 0.250. The van der Waals surface area contributed by atoms with Gasteiger partial charge in [-0.25, -0.2) is 4.98 Å². The van der Waals surface area contributed by atoms with Crippen LogP contribution in [0.4, 0.5) is 5.69 Å². The number of thiol groups is 1. The largest absolute Gasteiger partial charge is 0.508 e. The van der Waals surface area contributed by atoms with Crippen molar-refractivity contribution in [3.63, 3.8) is 0 Å². The Balaban J connectivity index is 1.74. The Morgan fingerprint density at radius 3 is 2.66 bits per heavy atom. The van der Waals surface area contributed by atoms with Crippen LogP contribution in [0.25, 0.3) is 11.3 Å². The summed E-state index contributed by atoms with van der Waals surface area (Å²) >= 11 is 4.21. The lowest BCUT2D eigenvalue weighted by molar-refractivity contribution is -0.127. The van der Waals surface area contributed by atoms with E-state index in [4.69, 9.17) is 10.5 Å². The van der Waals surface area contributed by atoms with Gasteiger partial charge in [-0.3, -0.25) is 4.79 Å². The quantitative estimate of drug-likeness (QED) is 0.302. The lowest BCUT2D eigenvalue weighted by Crippen LogP contribution is -2.36. The number of pyridine rings is 1. The van der Waals surface area contributed by atoms with Gasteiger partial charge >= 0.3 is 0 Å². The number of hydrogen-bond acceptors (Lipinski definition) is 7. The number of benzene rings is 2. The maximum absolute atomic E-state index is 12.6. The molecule has 2 unspecified atom stereocenters. The molecule has 0 saturated heterocycles. The Hall–Kier alpha value is -3.23. The molecular weight excluding hydrogens is 424 g/mol.